The predicted octanol–water partition coefficient (Wildman–Crippen LogP) is 3.27. The molecule has 0 aromatic heterocycles. The molecule has 0 aliphatic carbocycles. The summed E-state index contributed by atoms with van der Waals surface area (Å²) in [6, 6.07) is 9.52. The predicted molar refractivity (Wildman–Crippen MR) is 82.3 cm³/mol. The second-order valence-corrected chi connectivity index (χ2v) is 4.68. The molecule has 0 N–H and O–H groups in total. The van der Waals surface area contributed by atoms with Gasteiger partial charge >= 0.3 is 12.1 Å². The van der Waals surface area contributed by atoms with Crippen LogP contribution in [-0.2, 0) is 4.74 Å². The molecule has 8 heteroatoms. The fourth-order valence-electron chi connectivity index (χ4n) is 1.85. The van der Waals surface area contributed by atoms with Gasteiger partial charge in [0.15, 0.2) is 0 Å². The highest BCUT2D eigenvalue weighted by molar-refractivity contribution is 5.89. The van der Waals surface area contributed by atoms with Crippen molar-refractivity contribution in [3.63, 3.8) is 0 Å². The van der Waals surface area contributed by atoms with Crippen LogP contribution in [0.4, 0.5) is 10.5 Å². The molecule has 0 bridgehead atoms. The Bertz CT molecular complexity index is 784. The van der Waals surface area contributed by atoms with Crippen molar-refractivity contribution in [1.29, 1.82) is 0 Å². The summed E-state index contributed by atoms with van der Waals surface area (Å²) in [5.41, 5.74) is 0.623. The van der Waals surface area contributed by atoms with Crippen LogP contribution in [0.5, 0.6) is 11.5 Å². The number of nitro benzene ring substituents is 1. The van der Waals surface area contributed by atoms with Crippen LogP contribution in [0.2, 0.25) is 0 Å². The maximum atomic E-state index is 11.8. The number of nitrogens with zero attached hydrogens (tertiary/aromatic N) is 1. The number of ether oxygens (including phenoxy) is 3. The van der Waals surface area contributed by atoms with Gasteiger partial charge in [0.1, 0.15) is 11.5 Å². The molecule has 124 valence electrons. The maximum absolute atomic E-state index is 11.8. The van der Waals surface area contributed by atoms with Crippen LogP contribution < -0.4 is 9.47 Å². The van der Waals surface area contributed by atoms with Gasteiger partial charge in [0, 0.05) is 12.1 Å². The van der Waals surface area contributed by atoms with Crippen molar-refractivity contribution < 1.29 is 28.7 Å². The van der Waals surface area contributed by atoms with E-state index in [0.29, 0.717) is 11.1 Å². The minimum absolute atomic E-state index is 0.105. The second kappa shape index (κ2) is 7.23. The van der Waals surface area contributed by atoms with Gasteiger partial charge in [-0.1, -0.05) is 0 Å². The summed E-state index contributed by atoms with van der Waals surface area (Å²) in [5.74, 6) is -0.186. The zero-order valence-electron chi connectivity index (χ0n) is 12.8. The molecule has 0 spiro atoms. The topological polar surface area (TPSA) is 105 Å². The van der Waals surface area contributed by atoms with Crippen LogP contribution in [0.1, 0.15) is 15.9 Å². The lowest BCUT2D eigenvalue weighted by Crippen LogP contribution is -2.14. The summed E-state index contributed by atoms with van der Waals surface area (Å²) in [6.07, 6.45) is -1.00. The molecule has 2 aromatic carbocycles. The van der Waals surface area contributed by atoms with Crippen molar-refractivity contribution in [2.24, 2.45) is 0 Å². The third-order valence-corrected chi connectivity index (χ3v) is 3.04. The molecule has 24 heavy (non-hydrogen) atoms. The first kappa shape index (κ1) is 16.9. The van der Waals surface area contributed by atoms with Crippen LogP contribution in [0.25, 0.3) is 0 Å². The fraction of sp³-hybridized carbons (Fsp3) is 0.125. The average Bonchev–Trinajstić information content (AvgIpc) is 2.56. The van der Waals surface area contributed by atoms with Gasteiger partial charge in [-0.3, -0.25) is 10.1 Å². The van der Waals surface area contributed by atoms with E-state index in [9.17, 15) is 19.7 Å². The minimum Gasteiger partial charge on any atom is -0.465 e. The third-order valence-electron chi connectivity index (χ3n) is 3.04. The SMILES string of the molecule is COC(=O)c1ccc(OC(=O)Oc2ccc([N+](=O)[O-])cc2C)cc1. The Balaban J connectivity index is 2.03. The summed E-state index contributed by atoms with van der Waals surface area (Å²) >= 11 is 0. The Hall–Kier alpha value is -3.42. The lowest BCUT2D eigenvalue weighted by Gasteiger charge is -2.08. The molecule has 0 fully saturated rings. The van der Waals surface area contributed by atoms with Crippen LogP contribution >= 0.6 is 0 Å². The number of esters is 1. The Morgan fingerprint density at radius 1 is 1.04 bits per heavy atom. The monoisotopic (exact) mass is 331 g/mol. The standard InChI is InChI=1S/C16H13NO7/c1-10-9-12(17(20)21)5-8-14(10)24-16(19)23-13-6-3-11(4-7-13)15(18)22-2/h3-9H,1-2H3. The third kappa shape index (κ3) is 4.07. The van der Waals surface area contributed by atoms with E-state index in [1.807, 2.05) is 0 Å². The molecule has 0 unspecified atom stereocenters. The summed E-state index contributed by atoms with van der Waals surface area (Å²) in [4.78, 5) is 33.2. The van der Waals surface area contributed by atoms with Crippen LogP contribution in [0, 0.1) is 17.0 Å². The largest absolute Gasteiger partial charge is 0.519 e. The molecule has 0 atom stereocenters. The second-order valence-electron chi connectivity index (χ2n) is 4.68. The van der Waals surface area contributed by atoms with Crippen molar-refractivity contribution in [1.82, 2.24) is 0 Å². The lowest BCUT2D eigenvalue weighted by molar-refractivity contribution is -0.384. The molecule has 0 heterocycles. The molecule has 0 saturated heterocycles. The summed E-state index contributed by atoms with van der Waals surface area (Å²) in [7, 11) is 1.26. The van der Waals surface area contributed by atoms with Crippen LogP contribution in [0.15, 0.2) is 42.5 Å². The maximum Gasteiger partial charge on any atom is 0.519 e. The van der Waals surface area contributed by atoms with Gasteiger partial charge < -0.3 is 14.2 Å². The molecular formula is C16H13NO7. The fourth-order valence-corrected chi connectivity index (χ4v) is 1.85. The summed E-state index contributed by atoms with van der Waals surface area (Å²) < 4.78 is 14.5. The molecule has 0 aliphatic heterocycles. The number of hydrogen-bond donors (Lipinski definition) is 0. The molecule has 0 amide bonds. The number of hydrogen-bond acceptors (Lipinski definition) is 7. The molecule has 8 nitrogen and oxygen atoms in total. The summed E-state index contributed by atoms with van der Waals surface area (Å²) in [5, 5.41) is 10.7. The molecule has 2 rings (SSSR count). The van der Waals surface area contributed by atoms with Gasteiger partial charge in [-0.15, -0.1) is 0 Å². The number of nitro groups is 1. The highest BCUT2D eigenvalue weighted by atomic mass is 16.7. The molecule has 2 aromatic rings. The van der Waals surface area contributed by atoms with Crippen molar-refractivity contribution >= 4 is 17.8 Å². The van der Waals surface area contributed by atoms with E-state index in [4.69, 9.17) is 9.47 Å². The van der Waals surface area contributed by atoms with Gasteiger partial charge in [-0.05, 0) is 42.8 Å². The van der Waals surface area contributed by atoms with Gasteiger partial charge in [0.05, 0.1) is 17.6 Å². The number of aryl methyl sites for hydroxylation is 1. The van der Waals surface area contributed by atoms with E-state index in [0.717, 1.165) is 0 Å². The average molecular weight is 331 g/mol. The summed E-state index contributed by atoms with van der Waals surface area (Å²) in [6.45, 7) is 1.57. The smallest absolute Gasteiger partial charge is 0.465 e. The number of non-ortho nitro benzene ring substituents is 1. The number of benzene rings is 2. The first-order chi connectivity index (χ1) is 11.4. The van der Waals surface area contributed by atoms with Crippen LogP contribution in [0.3, 0.4) is 0 Å². The van der Waals surface area contributed by atoms with Crippen molar-refractivity contribution in [2.75, 3.05) is 7.11 Å². The first-order valence-electron chi connectivity index (χ1n) is 6.74. The van der Waals surface area contributed by atoms with Crippen LogP contribution in [-0.4, -0.2) is 24.2 Å². The first-order valence-corrected chi connectivity index (χ1v) is 6.74. The number of carbonyl (C=O) groups is 2. The van der Waals surface area contributed by atoms with Gasteiger partial charge in [0.25, 0.3) is 5.69 Å². The lowest BCUT2D eigenvalue weighted by atomic mass is 10.2. The van der Waals surface area contributed by atoms with E-state index >= 15 is 0 Å². The van der Waals surface area contributed by atoms with Crippen molar-refractivity contribution in [2.45, 2.75) is 6.92 Å². The molecule has 0 radical (unpaired) electrons. The Morgan fingerprint density at radius 3 is 2.25 bits per heavy atom. The minimum atomic E-state index is -1.00. The normalized spacial score (nSPS) is 9.92. The molecule has 0 saturated carbocycles. The Morgan fingerprint density at radius 2 is 1.71 bits per heavy atom. The van der Waals surface area contributed by atoms with E-state index in [-0.39, 0.29) is 17.2 Å². The zero-order chi connectivity index (χ0) is 17.7. The van der Waals surface area contributed by atoms with Crippen molar-refractivity contribution in [3.8, 4) is 11.5 Å². The van der Waals surface area contributed by atoms with E-state index in [1.165, 1.54) is 49.6 Å². The Labute approximate surface area is 136 Å². The number of methoxy groups -OCH3 is 1. The number of carbonyl (C=O) groups excluding carboxylic acids is 2. The van der Waals surface area contributed by atoms with Crippen molar-refractivity contribution in [3.05, 3.63) is 63.7 Å². The number of rotatable bonds is 4. The quantitative estimate of drug-likeness (QED) is 0.366. The highest BCUT2D eigenvalue weighted by Gasteiger charge is 2.14. The van der Waals surface area contributed by atoms with E-state index in [1.54, 1.807) is 6.92 Å². The van der Waals surface area contributed by atoms with E-state index < -0.39 is 17.0 Å². The zero-order valence-corrected chi connectivity index (χ0v) is 12.8. The Kier molecular flexibility index (Phi) is 5.10. The molecular weight excluding hydrogens is 318 g/mol. The molecule has 0 aliphatic rings. The van der Waals surface area contributed by atoms with E-state index in [2.05, 4.69) is 4.74 Å². The van der Waals surface area contributed by atoms with Gasteiger partial charge in [-0.2, -0.15) is 0 Å². The van der Waals surface area contributed by atoms with Gasteiger partial charge in [-0.25, -0.2) is 9.59 Å². The highest BCUT2D eigenvalue weighted by Crippen LogP contribution is 2.24. The van der Waals surface area contributed by atoms with Gasteiger partial charge in [0.2, 0.25) is 0 Å².